The van der Waals surface area contributed by atoms with Crippen LogP contribution in [0.4, 0.5) is 9.52 Å². The summed E-state index contributed by atoms with van der Waals surface area (Å²) in [7, 11) is 0. The SMILES string of the molecule is Cc1ccc(CNC(=O)[C@H]2CCCN(c3nn4cc(-c5ccc(F)cc5)nc4s3)C2)cc1. The molecule has 6 nitrogen and oxygen atoms in total. The summed E-state index contributed by atoms with van der Waals surface area (Å²) < 4.78 is 14.9. The molecule has 0 aliphatic carbocycles. The highest BCUT2D eigenvalue weighted by molar-refractivity contribution is 7.20. The molecule has 32 heavy (non-hydrogen) atoms. The van der Waals surface area contributed by atoms with Crippen molar-refractivity contribution >= 4 is 27.3 Å². The van der Waals surface area contributed by atoms with Gasteiger partial charge in [-0.2, -0.15) is 0 Å². The second-order valence-electron chi connectivity index (χ2n) is 8.23. The van der Waals surface area contributed by atoms with Gasteiger partial charge in [-0.15, -0.1) is 5.10 Å². The summed E-state index contributed by atoms with van der Waals surface area (Å²) in [5.74, 6) is -0.229. The van der Waals surface area contributed by atoms with Crippen LogP contribution >= 0.6 is 11.3 Å². The lowest BCUT2D eigenvalue weighted by Crippen LogP contribution is -2.43. The molecule has 1 atom stereocenters. The highest BCUT2D eigenvalue weighted by Gasteiger charge is 2.27. The van der Waals surface area contributed by atoms with Gasteiger partial charge < -0.3 is 10.2 Å². The molecule has 5 rings (SSSR count). The van der Waals surface area contributed by atoms with Crippen LogP contribution in [-0.4, -0.2) is 33.6 Å². The summed E-state index contributed by atoms with van der Waals surface area (Å²) >= 11 is 1.51. The molecule has 164 valence electrons. The van der Waals surface area contributed by atoms with Gasteiger partial charge in [0.05, 0.1) is 17.8 Å². The van der Waals surface area contributed by atoms with Crippen LogP contribution in [0.25, 0.3) is 16.2 Å². The maximum atomic E-state index is 13.2. The number of halogens is 1. The van der Waals surface area contributed by atoms with Gasteiger partial charge in [0.25, 0.3) is 0 Å². The van der Waals surface area contributed by atoms with Crippen molar-refractivity contribution in [1.82, 2.24) is 19.9 Å². The standard InChI is InChI=1S/C24H24FN5OS/c1-16-4-6-17(7-5-16)13-26-22(31)19-3-2-12-29(14-19)24-28-30-15-21(27-23(30)32-24)18-8-10-20(25)11-9-18/h4-11,15,19H,2-3,12-14H2,1H3,(H,26,31)/t19-/m0/s1. The van der Waals surface area contributed by atoms with Crippen LogP contribution < -0.4 is 10.2 Å². The number of carbonyl (C=O) groups is 1. The van der Waals surface area contributed by atoms with Gasteiger partial charge in [-0.3, -0.25) is 4.79 Å². The summed E-state index contributed by atoms with van der Waals surface area (Å²) in [6.45, 7) is 4.13. The van der Waals surface area contributed by atoms with Crippen LogP contribution in [-0.2, 0) is 11.3 Å². The second-order valence-corrected chi connectivity index (χ2v) is 9.17. The van der Waals surface area contributed by atoms with Crippen LogP contribution in [0.3, 0.4) is 0 Å². The number of imidazole rings is 1. The Morgan fingerprint density at radius 2 is 1.97 bits per heavy atom. The van der Waals surface area contributed by atoms with Crippen LogP contribution in [0.5, 0.6) is 0 Å². The number of piperidine rings is 1. The van der Waals surface area contributed by atoms with Crippen LogP contribution in [0, 0.1) is 18.7 Å². The third-order valence-electron chi connectivity index (χ3n) is 5.82. The van der Waals surface area contributed by atoms with E-state index >= 15 is 0 Å². The topological polar surface area (TPSA) is 62.5 Å². The summed E-state index contributed by atoms with van der Waals surface area (Å²) in [5.41, 5.74) is 3.94. The third-order valence-corrected chi connectivity index (χ3v) is 6.81. The Morgan fingerprint density at radius 3 is 2.72 bits per heavy atom. The van der Waals surface area contributed by atoms with E-state index in [2.05, 4.69) is 39.4 Å². The number of carbonyl (C=O) groups excluding carboxylic acids is 1. The lowest BCUT2D eigenvalue weighted by atomic mass is 9.97. The van der Waals surface area contributed by atoms with E-state index in [-0.39, 0.29) is 17.6 Å². The molecule has 1 fully saturated rings. The van der Waals surface area contributed by atoms with Crippen LogP contribution in [0.15, 0.2) is 54.7 Å². The van der Waals surface area contributed by atoms with Crippen molar-refractivity contribution in [3.05, 3.63) is 71.7 Å². The number of nitrogens with one attached hydrogen (secondary N) is 1. The number of aryl methyl sites for hydroxylation is 1. The fourth-order valence-electron chi connectivity index (χ4n) is 3.98. The molecule has 1 aliphatic rings. The Hall–Kier alpha value is -3.26. The predicted octanol–water partition coefficient (Wildman–Crippen LogP) is 4.44. The molecular weight excluding hydrogens is 425 g/mol. The van der Waals surface area contributed by atoms with Crippen molar-refractivity contribution in [3.8, 4) is 11.3 Å². The lowest BCUT2D eigenvalue weighted by Gasteiger charge is -2.31. The first kappa shape index (κ1) is 20.6. The van der Waals surface area contributed by atoms with Gasteiger partial charge in [-0.1, -0.05) is 41.2 Å². The van der Waals surface area contributed by atoms with E-state index in [0.29, 0.717) is 13.1 Å². The quantitative estimate of drug-likeness (QED) is 0.489. The van der Waals surface area contributed by atoms with Crippen molar-refractivity contribution in [1.29, 1.82) is 0 Å². The number of rotatable bonds is 5. The van der Waals surface area contributed by atoms with E-state index in [0.717, 1.165) is 46.3 Å². The fraction of sp³-hybridized carbons (Fsp3) is 0.292. The van der Waals surface area contributed by atoms with Crippen molar-refractivity contribution in [2.75, 3.05) is 18.0 Å². The molecular formula is C24H24FN5OS. The van der Waals surface area contributed by atoms with E-state index in [1.54, 1.807) is 16.6 Å². The molecule has 8 heteroatoms. The zero-order chi connectivity index (χ0) is 22.1. The largest absolute Gasteiger partial charge is 0.352 e. The molecule has 2 aromatic heterocycles. The van der Waals surface area contributed by atoms with Gasteiger partial charge in [0, 0.05) is 25.2 Å². The summed E-state index contributed by atoms with van der Waals surface area (Å²) in [6, 6.07) is 14.5. The minimum absolute atomic E-state index is 0.0554. The maximum absolute atomic E-state index is 13.2. The lowest BCUT2D eigenvalue weighted by molar-refractivity contribution is -0.125. The van der Waals surface area contributed by atoms with Gasteiger partial charge in [0.15, 0.2) is 0 Å². The zero-order valence-corrected chi connectivity index (χ0v) is 18.6. The van der Waals surface area contributed by atoms with E-state index < -0.39 is 0 Å². The van der Waals surface area contributed by atoms with Crippen molar-refractivity contribution in [3.63, 3.8) is 0 Å². The Kier molecular flexibility index (Phi) is 5.61. The normalized spacial score (nSPS) is 16.4. The number of hydrogen-bond donors (Lipinski definition) is 1. The number of fused-ring (bicyclic) bond motifs is 1. The Morgan fingerprint density at radius 1 is 1.19 bits per heavy atom. The molecule has 0 radical (unpaired) electrons. The third kappa shape index (κ3) is 4.36. The van der Waals surface area contributed by atoms with Crippen molar-refractivity contribution in [2.24, 2.45) is 5.92 Å². The van der Waals surface area contributed by atoms with E-state index in [9.17, 15) is 9.18 Å². The minimum atomic E-state index is -0.266. The number of benzene rings is 2. The predicted molar refractivity (Wildman–Crippen MR) is 124 cm³/mol. The highest BCUT2D eigenvalue weighted by Crippen LogP contribution is 2.30. The van der Waals surface area contributed by atoms with Gasteiger partial charge >= 0.3 is 0 Å². The molecule has 1 aliphatic heterocycles. The second kappa shape index (κ2) is 8.70. The van der Waals surface area contributed by atoms with Crippen LogP contribution in [0.1, 0.15) is 24.0 Å². The molecule has 0 bridgehead atoms. The molecule has 3 heterocycles. The average Bonchev–Trinajstić information content (AvgIpc) is 3.39. The average molecular weight is 450 g/mol. The van der Waals surface area contributed by atoms with E-state index in [1.807, 2.05) is 18.3 Å². The Balaban J connectivity index is 1.24. The molecule has 1 N–H and O–H groups in total. The van der Waals surface area contributed by atoms with Gasteiger partial charge in [-0.05, 0) is 49.6 Å². The number of anilines is 1. The molecule has 1 amide bonds. The zero-order valence-electron chi connectivity index (χ0n) is 17.8. The molecule has 2 aromatic carbocycles. The van der Waals surface area contributed by atoms with E-state index in [1.165, 1.54) is 29.0 Å². The highest BCUT2D eigenvalue weighted by atomic mass is 32.1. The molecule has 0 unspecified atom stereocenters. The van der Waals surface area contributed by atoms with Gasteiger partial charge in [0.1, 0.15) is 5.82 Å². The number of aromatic nitrogens is 3. The molecule has 0 spiro atoms. The Labute approximate surface area is 189 Å². The maximum Gasteiger partial charge on any atom is 0.225 e. The molecule has 4 aromatic rings. The monoisotopic (exact) mass is 449 g/mol. The molecule has 0 saturated carbocycles. The summed E-state index contributed by atoms with van der Waals surface area (Å²) in [4.78, 5) is 20.4. The first-order valence-corrected chi connectivity index (χ1v) is 11.6. The number of nitrogens with zero attached hydrogens (tertiary/aromatic N) is 4. The number of hydrogen-bond acceptors (Lipinski definition) is 5. The molecule has 1 saturated heterocycles. The fourth-order valence-corrected chi connectivity index (χ4v) is 4.90. The van der Waals surface area contributed by atoms with Crippen molar-refractivity contribution in [2.45, 2.75) is 26.3 Å². The first-order valence-electron chi connectivity index (χ1n) is 10.8. The summed E-state index contributed by atoms with van der Waals surface area (Å²) in [6.07, 6.45) is 3.69. The van der Waals surface area contributed by atoms with Crippen LogP contribution in [0.2, 0.25) is 0 Å². The summed E-state index contributed by atoms with van der Waals surface area (Å²) in [5, 5.41) is 8.64. The minimum Gasteiger partial charge on any atom is -0.352 e. The number of amides is 1. The first-order chi connectivity index (χ1) is 15.5. The Bertz CT molecular complexity index is 1200. The van der Waals surface area contributed by atoms with Gasteiger partial charge in [-0.25, -0.2) is 13.9 Å². The van der Waals surface area contributed by atoms with Gasteiger partial charge in [0.2, 0.25) is 16.0 Å². The smallest absolute Gasteiger partial charge is 0.225 e. The van der Waals surface area contributed by atoms with E-state index in [4.69, 9.17) is 0 Å². The van der Waals surface area contributed by atoms with Crippen molar-refractivity contribution < 1.29 is 9.18 Å².